The van der Waals surface area contributed by atoms with Crippen molar-refractivity contribution < 1.29 is 19.1 Å². The van der Waals surface area contributed by atoms with Crippen molar-refractivity contribution in [3.8, 4) is 28.0 Å². The summed E-state index contributed by atoms with van der Waals surface area (Å²) in [4.78, 5) is 25.4. The van der Waals surface area contributed by atoms with Crippen LogP contribution in [0.2, 0.25) is 5.02 Å². The molecule has 0 fully saturated rings. The summed E-state index contributed by atoms with van der Waals surface area (Å²) in [6, 6.07) is 28.3. The first-order chi connectivity index (χ1) is 21.4. The smallest absolute Gasteiger partial charge is 0.343 e. The van der Waals surface area contributed by atoms with Gasteiger partial charge in [0.1, 0.15) is 5.75 Å². The van der Waals surface area contributed by atoms with Crippen molar-refractivity contribution in [2.45, 2.75) is 84.7 Å². The highest BCUT2D eigenvalue weighted by atomic mass is 35.5. The Kier molecular flexibility index (Phi) is 12.6. The van der Waals surface area contributed by atoms with E-state index in [1.807, 2.05) is 49.4 Å². The van der Waals surface area contributed by atoms with Crippen LogP contribution < -0.4 is 4.74 Å². The van der Waals surface area contributed by atoms with Gasteiger partial charge in [-0.3, -0.25) is 0 Å². The highest BCUT2D eigenvalue weighted by Crippen LogP contribution is 2.28. The number of hydrogen-bond donors (Lipinski definition) is 0. The van der Waals surface area contributed by atoms with Gasteiger partial charge in [-0.2, -0.15) is 0 Å². The molecule has 4 aromatic rings. The number of halogens is 1. The fourth-order valence-electron chi connectivity index (χ4n) is 5.14. The van der Waals surface area contributed by atoms with Crippen LogP contribution in [0.1, 0.15) is 98.4 Å². The van der Waals surface area contributed by atoms with E-state index >= 15 is 0 Å². The molecule has 0 spiro atoms. The van der Waals surface area contributed by atoms with Gasteiger partial charge in [0.25, 0.3) is 0 Å². The first kappa shape index (κ1) is 33.0. The van der Waals surface area contributed by atoms with Crippen molar-refractivity contribution in [3.63, 3.8) is 0 Å². The molecule has 0 amide bonds. The molecule has 0 aliphatic heterocycles. The van der Waals surface area contributed by atoms with Crippen LogP contribution in [-0.4, -0.2) is 18.0 Å². The van der Waals surface area contributed by atoms with Crippen molar-refractivity contribution in [2.75, 3.05) is 0 Å². The summed E-state index contributed by atoms with van der Waals surface area (Å²) in [5.41, 5.74) is 6.09. The molecule has 230 valence electrons. The van der Waals surface area contributed by atoms with Gasteiger partial charge in [-0.15, -0.1) is 0 Å². The number of carbonyl (C=O) groups is 2. The standard InChI is InChI=1S/C39H43ClO4/c1-4-6-8-10-11-28(3)43-38(41)33-18-13-29(14-19-33)30-23-25-36(26-24-30)44-39(42)34-20-15-31(16-21-34)35-22-17-32(37(40)27-35)12-9-7-5-2/h13-28H,4-12H2,1-3H3. The molecule has 0 heterocycles. The largest absolute Gasteiger partial charge is 0.459 e. The van der Waals surface area contributed by atoms with Crippen LogP contribution in [-0.2, 0) is 11.2 Å². The number of carbonyl (C=O) groups excluding carboxylic acids is 2. The molecule has 1 atom stereocenters. The van der Waals surface area contributed by atoms with Gasteiger partial charge in [0.15, 0.2) is 0 Å². The molecule has 1 unspecified atom stereocenters. The Labute approximate surface area is 267 Å². The maximum Gasteiger partial charge on any atom is 0.343 e. The van der Waals surface area contributed by atoms with E-state index < -0.39 is 5.97 Å². The average molecular weight is 611 g/mol. The van der Waals surface area contributed by atoms with E-state index in [9.17, 15) is 9.59 Å². The van der Waals surface area contributed by atoms with Gasteiger partial charge < -0.3 is 9.47 Å². The summed E-state index contributed by atoms with van der Waals surface area (Å²) in [5, 5.41) is 0.780. The average Bonchev–Trinajstić information content (AvgIpc) is 3.04. The van der Waals surface area contributed by atoms with E-state index in [4.69, 9.17) is 21.1 Å². The lowest BCUT2D eigenvalue weighted by Crippen LogP contribution is -2.15. The summed E-state index contributed by atoms with van der Waals surface area (Å²) >= 11 is 6.54. The minimum absolute atomic E-state index is 0.0939. The van der Waals surface area contributed by atoms with Gasteiger partial charge in [0.05, 0.1) is 17.2 Å². The monoisotopic (exact) mass is 610 g/mol. The Morgan fingerprint density at radius 1 is 0.636 bits per heavy atom. The molecule has 0 radical (unpaired) electrons. The predicted molar refractivity (Wildman–Crippen MR) is 181 cm³/mol. The van der Waals surface area contributed by atoms with E-state index in [-0.39, 0.29) is 12.1 Å². The molecule has 5 heteroatoms. The zero-order chi connectivity index (χ0) is 31.3. The minimum Gasteiger partial charge on any atom is -0.459 e. The minimum atomic E-state index is -0.420. The summed E-state index contributed by atoms with van der Waals surface area (Å²) in [7, 11) is 0. The van der Waals surface area contributed by atoms with Crippen LogP contribution in [0.25, 0.3) is 22.3 Å². The molecule has 0 bridgehead atoms. The third kappa shape index (κ3) is 9.56. The third-order valence-corrected chi connectivity index (χ3v) is 8.20. The first-order valence-corrected chi connectivity index (χ1v) is 16.3. The number of esters is 2. The first-order valence-electron chi connectivity index (χ1n) is 15.9. The van der Waals surface area contributed by atoms with Crippen molar-refractivity contribution in [2.24, 2.45) is 0 Å². The molecule has 0 saturated heterocycles. The summed E-state index contributed by atoms with van der Waals surface area (Å²) in [5.74, 6) is -0.258. The molecule has 4 aromatic carbocycles. The van der Waals surface area contributed by atoms with Crippen LogP contribution in [0, 0.1) is 0 Å². The zero-order valence-corrected chi connectivity index (χ0v) is 26.9. The molecule has 44 heavy (non-hydrogen) atoms. The normalized spacial score (nSPS) is 11.6. The quantitative estimate of drug-likeness (QED) is 0.0763. The number of rotatable bonds is 15. The Hall–Kier alpha value is -3.89. The van der Waals surface area contributed by atoms with Crippen LogP contribution in [0.4, 0.5) is 0 Å². The van der Waals surface area contributed by atoms with Crippen LogP contribution >= 0.6 is 11.6 Å². The van der Waals surface area contributed by atoms with E-state index in [1.165, 1.54) is 37.7 Å². The van der Waals surface area contributed by atoms with E-state index in [2.05, 4.69) is 26.0 Å². The topological polar surface area (TPSA) is 52.6 Å². The number of unbranched alkanes of at least 4 members (excludes halogenated alkanes) is 5. The van der Waals surface area contributed by atoms with Gasteiger partial charge in [0, 0.05) is 5.02 Å². The molecular formula is C39H43ClO4. The fourth-order valence-corrected chi connectivity index (χ4v) is 5.42. The molecule has 4 nitrogen and oxygen atoms in total. The van der Waals surface area contributed by atoms with Crippen LogP contribution in [0.15, 0.2) is 91.0 Å². The zero-order valence-electron chi connectivity index (χ0n) is 26.1. The molecule has 0 aromatic heterocycles. The molecule has 4 rings (SSSR count). The highest BCUT2D eigenvalue weighted by Gasteiger charge is 2.13. The Bertz CT molecular complexity index is 1490. The van der Waals surface area contributed by atoms with Crippen molar-refractivity contribution in [3.05, 3.63) is 113 Å². The highest BCUT2D eigenvalue weighted by molar-refractivity contribution is 6.31. The second kappa shape index (κ2) is 16.8. The Morgan fingerprint density at radius 2 is 1.16 bits per heavy atom. The number of aryl methyl sites for hydroxylation is 1. The maximum atomic E-state index is 12.8. The Balaban J connectivity index is 1.30. The van der Waals surface area contributed by atoms with Gasteiger partial charge in [-0.05, 0) is 103 Å². The van der Waals surface area contributed by atoms with Crippen molar-refractivity contribution in [1.29, 1.82) is 0 Å². The third-order valence-electron chi connectivity index (χ3n) is 7.85. The fraction of sp³-hybridized carbons (Fsp3) is 0.333. The lowest BCUT2D eigenvalue weighted by molar-refractivity contribution is 0.0319. The maximum absolute atomic E-state index is 12.8. The number of benzene rings is 4. The van der Waals surface area contributed by atoms with Gasteiger partial charge >= 0.3 is 11.9 Å². The molecular weight excluding hydrogens is 568 g/mol. The molecule has 0 aliphatic carbocycles. The van der Waals surface area contributed by atoms with Crippen molar-refractivity contribution in [1.82, 2.24) is 0 Å². The molecule has 0 N–H and O–H groups in total. The summed E-state index contributed by atoms with van der Waals surface area (Å²) in [6.45, 7) is 6.33. The molecule has 0 aliphatic rings. The summed E-state index contributed by atoms with van der Waals surface area (Å²) in [6.07, 6.45) is 9.94. The second-order valence-corrected chi connectivity index (χ2v) is 11.8. The predicted octanol–water partition coefficient (Wildman–Crippen LogP) is 11.1. The lowest BCUT2D eigenvalue weighted by Gasteiger charge is -2.13. The lowest BCUT2D eigenvalue weighted by atomic mass is 10.0. The van der Waals surface area contributed by atoms with E-state index in [0.29, 0.717) is 16.9 Å². The van der Waals surface area contributed by atoms with Gasteiger partial charge in [-0.1, -0.05) is 106 Å². The summed E-state index contributed by atoms with van der Waals surface area (Å²) < 4.78 is 11.2. The van der Waals surface area contributed by atoms with Crippen LogP contribution in [0.3, 0.4) is 0 Å². The molecule has 0 saturated carbocycles. The van der Waals surface area contributed by atoms with E-state index in [0.717, 1.165) is 53.0 Å². The van der Waals surface area contributed by atoms with E-state index in [1.54, 1.807) is 36.4 Å². The van der Waals surface area contributed by atoms with Crippen LogP contribution in [0.5, 0.6) is 5.75 Å². The SMILES string of the molecule is CCCCCCC(C)OC(=O)c1ccc(-c2ccc(OC(=O)c3ccc(-c4ccc(CCCCC)c(Cl)c4)cc3)cc2)cc1. The second-order valence-electron chi connectivity index (χ2n) is 11.4. The van der Waals surface area contributed by atoms with Gasteiger partial charge in [-0.25, -0.2) is 9.59 Å². The number of ether oxygens (including phenoxy) is 2. The number of hydrogen-bond acceptors (Lipinski definition) is 4. The van der Waals surface area contributed by atoms with Gasteiger partial charge in [0.2, 0.25) is 0 Å². The van der Waals surface area contributed by atoms with Crippen molar-refractivity contribution >= 4 is 23.5 Å². The Morgan fingerprint density at radius 3 is 1.75 bits per heavy atom.